The van der Waals surface area contributed by atoms with E-state index in [0.29, 0.717) is 23.9 Å². The molecule has 0 aliphatic carbocycles. The van der Waals surface area contributed by atoms with Crippen molar-refractivity contribution in [3.05, 3.63) is 88.2 Å². The molecule has 2 aromatic carbocycles. The van der Waals surface area contributed by atoms with Crippen molar-refractivity contribution in [2.24, 2.45) is 0 Å². The fourth-order valence-electron chi connectivity index (χ4n) is 3.21. The number of hydrogen-bond acceptors (Lipinski definition) is 3. The molecule has 1 N–H and O–H groups in total. The Labute approximate surface area is 162 Å². The van der Waals surface area contributed by atoms with Crippen molar-refractivity contribution in [1.29, 1.82) is 0 Å². The molecule has 2 heterocycles. The molecule has 1 aromatic heterocycles. The zero-order valence-electron chi connectivity index (χ0n) is 14.9. The highest BCUT2D eigenvalue weighted by atomic mass is 35.5. The van der Waals surface area contributed by atoms with Gasteiger partial charge in [0, 0.05) is 5.02 Å². The maximum absolute atomic E-state index is 12.6. The van der Waals surface area contributed by atoms with Crippen LogP contribution in [0.3, 0.4) is 0 Å². The molecule has 0 saturated heterocycles. The lowest BCUT2D eigenvalue weighted by molar-refractivity contribution is -0.00119. The molecule has 138 valence electrons. The maximum atomic E-state index is 12.6. The van der Waals surface area contributed by atoms with Gasteiger partial charge in [-0.05, 0) is 36.2 Å². The lowest BCUT2D eigenvalue weighted by atomic mass is 10.1. The van der Waals surface area contributed by atoms with Gasteiger partial charge < -0.3 is 10.1 Å². The molecule has 1 aliphatic rings. The van der Waals surface area contributed by atoms with Gasteiger partial charge in [-0.2, -0.15) is 5.10 Å². The summed E-state index contributed by atoms with van der Waals surface area (Å²) in [7, 11) is 0. The van der Waals surface area contributed by atoms with Gasteiger partial charge in [0.1, 0.15) is 6.10 Å². The molecule has 0 bridgehead atoms. The largest absolute Gasteiger partial charge is 0.365 e. The second-order valence-electron chi connectivity index (χ2n) is 6.66. The molecule has 1 amide bonds. The van der Waals surface area contributed by atoms with Gasteiger partial charge in [-0.25, -0.2) is 0 Å². The van der Waals surface area contributed by atoms with Crippen LogP contribution in [0.4, 0.5) is 0 Å². The van der Waals surface area contributed by atoms with Crippen LogP contribution >= 0.6 is 11.6 Å². The average molecular weight is 382 g/mol. The van der Waals surface area contributed by atoms with Crippen molar-refractivity contribution >= 4 is 17.5 Å². The summed E-state index contributed by atoms with van der Waals surface area (Å²) in [5.41, 5.74) is 3.41. The number of benzene rings is 2. The van der Waals surface area contributed by atoms with Crippen LogP contribution in [-0.4, -0.2) is 15.7 Å². The molecule has 0 unspecified atom stereocenters. The molecule has 2 atom stereocenters. The number of amides is 1. The van der Waals surface area contributed by atoms with E-state index in [1.165, 1.54) is 0 Å². The van der Waals surface area contributed by atoms with E-state index >= 15 is 0 Å². The van der Waals surface area contributed by atoms with Crippen LogP contribution in [-0.2, 0) is 17.9 Å². The normalized spacial score (nSPS) is 17.2. The van der Waals surface area contributed by atoms with Gasteiger partial charge in [-0.1, -0.05) is 54.1 Å². The molecular formula is C21H20ClN3O2. The van der Waals surface area contributed by atoms with Crippen LogP contribution in [0.15, 0.2) is 60.7 Å². The van der Waals surface area contributed by atoms with Crippen LogP contribution in [0.1, 0.15) is 46.4 Å². The summed E-state index contributed by atoms with van der Waals surface area (Å²) in [4.78, 5) is 12.6. The van der Waals surface area contributed by atoms with Gasteiger partial charge in [0.05, 0.1) is 24.9 Å². The third-order valence-corrected chi connectivity index (χ3v) is 5.01. The van der Waals surface area contributed by atoms with E-state index in [0.717, 1.165) is 16.8 Å². The number of carbonyl (C=O) groups excluding carboxylic acids is 1. The average Bonchev–Trinajstić information content (AvgIpc) is 3.13. The monoisotopic (exact) mass is 381 g/mol. The van der Waals surface area contributed by atoms with Crippen molar-refractivity contribution in [2.45, 2.75) is 32.2 Å². The van der Waals surface area contributed by atoms with Crippen molar-refractivity contribution in [1.82, 2.24) is 15.1 Å². The number of carbonyl (C=O) groups is 1. The fraction of sp³-hybridized carbons (Fsp3) is 0.238. The number of aromatic nitrogens is 2. The lowest BCUT2D eigenvalue weighted by Crippen LogP contribution is -2.27. The molecule has 27 heavy (non-hydrogen) atoms. The molecule has 0 saturated carbocycles. The van der Waals surface area contributed by atoms with E-state index in [2.05, 4.69) is 10.4 Å². The Morgan fingerprint density at radius 3 is 2.70 bits per heavy atom. The number of hydrogen-bond donors (Lipinski definition) is 1. The summed E-state index contributed by atoms with van der Waals surface area (Å²) in [6.07, 6.45) is -0.103. The predicted molar refractivity (Wildman–Crippen MR) is 104 cm³/mol. The van der Waals surface area contributed by atoms with Crippen LogP contribution in [0.5, 0.6) is 0 Å². The molecule has 1 aliphatic heterocycles. The molecular weight excluding hydrogens is 362 g/mol. The molecule has 6 heteroatoms. The Kier molecular flexibility index (Phi) is 4.97. The second kappa shape index (κ2) is 7.55. The SMILES string of the molecule is C[C@@H](NC(=O)c1cc2n(n1)C[C@@H](c1ccc(Cl)cc1)OC2)c1ccccc1. The summed E-state index contributed by atoms with van der Waals surface area (Å²) in [5.74, 6) is -0.184. The van der Waals surface area contributed by atoms with Crippen LogP contribution in [0, 0.1) is 0 Å². The van der Waals surface area contributed by atoms with E-state index in [1.807, 2.05) is 66.2 Å². The Hall–Kier alpha value is -2.63. The Morgan fingerprint density at radius 2 is 1.96 bits per heavy atom. The number of fused-ring (bicyclic) bond motifs is 1. The van der Waals surface area contributed by atoms with Crippen molar-refractivity contribution in [2.75, 3.05) is 0 Å². The third-order valence-electron chi connectivity index (χ3n) is 4.76. The van der Waals surface area contributed by atoms with Crippen molar-refractivity contribution in [3.63, 3.8) is 0 Å². The van der Waals surface area contributed by atoms with E-state index < -0.39 is 0 Å². The molecule has 0 radical (unpaired) electrons. The van der Waals surface area contributed by atoms with Gasteiger partial charge in [0.15, 0.2) is 5.69 Å². The highest BCUT2D eigenvalue weighted by molar-refractivity contribution is 6.30. The molecule has 4 rings (SSSR count). The number of nitrogens with zero attached hydrogens (tertiary/aromatic N) is 2. The maximum Gasteiger partial charge on any atom is 0.272 e. The first kappa shape index (κ1) is 17.8. The Morgan fingerprint density at radius 1 is 1.22 bits per heavy atom. The van der Waals surface area contributed by atoms with Gasteiger partial charge >= 0.3 is 0 Å². The van der Waals surface area contributed by atoms with Crippen molar-refractivity contribution in [3.8, 4) is 0 Å². The highest BCUT2D eigenvalue weighted by Gasteiger charge is 2.24. The first-order valence-corrected chi connectivity index (χ1v) is 9.27. The standard InChI is InChI=1S/C21H20ClN3O2/c1-14(15-5-3-2-4-6-15)23-21(26)19-11-18-13-27-20(12-25(18)24-19)16-7-9-17(22)10-8-16/h2-11,14,20H,12-13H2,1H3,(H,23,26)/t14-,20+/m1/s1. The summed E-state index contributed by atoms with van der Waals surface area (Å²) in [6.45, 7) is 2.95. The fourth-order valence-corrected chi connectivity index (χ4v) is 3.34. The zero-order chi connectivity index (χ0) is 18.8. The molecule has 0 fully saturated rings. The minimum absolute atomic E-state index is 0.0875. The summed E-state index contributed by atoms with van der Waals surface area (Å²) in [5, 5.41) is 8.18. The predicted octanol–water partition coefficient (Wildman–Crippen LogP) is 4.30. The highest BCUT2D eigenvalue weighted by Crippen LogP contribution is 2.27. The van der Waals surface area contributed by atoms with Gasteiger partial charge in [0.25, 0.3) is 5.91 Å². The van der Waals surface area contributed by atoms with Crippen molar-refractivity contribution < 1.29 is 9.53 Å². The van der Waals surface area contributed by atoms with Gasteiger partial charge in [-0.3, -0.25) is 9.48 Å². The van der Waals surface area contributed by atoms with Crippen LogP contribution in [0.2, 0.25) is 5.02 Å². The lowest BCUT2D eigenvalue weighted by Gasteiger charge is -2.24. The minimum atomic E-state index is -0.184. The van der Waals surface area contributed by atoms with Crippen LogP contribution < -0.4 is 5.32 Å². The first-order chi connectivity index (χ1) is 13.1. The van der Waals surface area contributed by atoms with E-state index in [9.17, 15) is 4.79 Å². The molecule has 3 aromatic rings. The first-order valence-electron chi connectivity index (χ1n) is 8.90. The van der Waals surface area contributed by atoms with E-state index in [4.69, 9.17) is 16.3 Å². The van der Waals surface area contributed by atoms with E-state index in [1.54, 1.807) is 6.07 Å². The minimum Gasteiger partial charge on any atom is -0.365 e. The smallest absolute Gasteiger partial charge is 0.272 e. The summed E-state index contributed by atoms with van der Waals surface area (Å²) in [6, 6.07) is 19.2. The summed E-state index contributed by atoms with van der Waals surface area (Å²) < 4.78 is 7.79. The molecule has 5 nitrogen and oxygen atoms in total. The second-order valence-corrected chi connectivity index (χ2v) is 7.10. The number of nitrogens with one attached hydrogen (secondary N) is 1. The molecule has 0 spiro atoms. The van der Waals surface area contributed by atoms with Gasteiger partial charge in [0.2, 0.25) is 0 Å². The zero-order valence-corrected chi connectivity index (χ0v) is 15.7. The summed E-state index contributed by atoms with van der Waals surface area (Å²) >= 11 is 5.95. The number of halogens is 1. The topological polar surface area (TPSA) is 56.2 Å². The van der Waals surface area contributed by atoms with Gasteiger partial charge in [-0.15, -0.1) is 0 Å². The third kappa shape index (κ3) is 3.89. The Bertz CT molecular complexity index is 938. The van der Waals surface area contributed by atoms with E-state index in [-0.39, 0.29) is 18.1 Å². The quantitative estimate of drug-likeness (QED) is 0.733. The Balaban J connectivity index is 1.46. The number of ether oxygens (including phenoxy) is 1. The van der Waals surface area contributed by atoms with Crippen LogP contribution in [0.25, 0.3) is 0 Å². The number of rotatable bonds is 4.